The van der Waals surface area contributed by atoms with Gasteiger partial charge in [-0.15, -0.1) is 0 Å². The molecule has 1 aromatic heterocycles. The highest BCUT2D eigenvalue weighted by Gasteiger charge is 2.18. The second-order valence-corrected chi connectivity index (χ2v) is 6.30. The van der Waals surface area contributed by atoms with Crippen LogP contribution in [0.1, 0.15) is 77.2 Å². The number of aromatic nitrogens is 2. The second kappa shape index (κ2) is 8.02. The van der Waals surface area contributed by atoms with Gasteiger partial charge in [-0.25, -0.2) is 9.97 Å². The lowest BCUT2D eigenvalue weighted by Crippen LogP contribution is -2.13. The first-order valence-corrected chi connectivity index (χ1v) is 8.44. The van der Waals surface area contributed by atoms with E-state index in [0.717, 1.165) is 37.4 Å². The topological polar surface area (TPSA) is 37.8 Å². The lowest BCUT2D eigenvalue weighted by Gasteiger charge is -2.18. The molecule has 0 atom stereocenters. The summed E-state index contributed by atoms with van der Waals surface area (Å²) >= 11 is 2.37. The lowest BCUT2D eigenvalue weighted by molar-refractivity contribution is 0.593. The fraction of sp³-hybridized carbons (Fsp3) is 0.733. The smallest absolute Gasteiger partial charge is 0.143 e. The van der Waals surface area contributed by atoms with Crippen molar-refractivity contribution >= 4 is 28.4 Å². The molecule has 0 unspecified atom stereocenters. The summed E-state index contributed by atoms with van der Waals surface area (Å²) in [5.74, 6) is 2.93. The van der Waals surface area contributed by atoms with Crippen molar-refractivity contribution in [1.29, 1.82) is 0 Å². The van der Waals surface area contributed by atoms with Gasteiger partial charge in [-0.3, -0.25) is 0 Å². The van der Waals surface area contributed by atoms with E-state index in [1.165, 1.54) is 9.26 Å². The van der Waals surface area contributed by atoms with E-state index >= 15 is 0 Å². The standard InChI is InChI=1S/C15H26IN3/c1-6-9-17-15-12(16)13(10(4)5)18-14(19-15)11(7-2)8-3/h10-11H,6-9H2,1-5H3,(H,17,18,19). The van der Waals surface area contributed by atoms with Gasteiger partial charge in [-0.1, -0.05) is 34.6 Å². The zero-order valence-electron chi connectivity index (χ0n) is 12.8. The first-order valence-electron chi connectivity index (χ1n) is 7.36. The maximum absolute atomic E-state index is 4.82. The largest absolute Gasteiger partial charge is 0.369 e. The van der Waals surface area contributed by atoms with Crippen LogP contribution in [0.3, 0.4) is 0 Å². The van der Waals surface area contributed by atoms with Crippen molar-refractivity contribution in [1.82, 2.24) is 9.97 Å². The molecule has 4 heteroatoms. The highest BCUT2D eigenvalue weighted by Crippen LogP contribution is 2.29. The minimum Gasteiger partial charge on any atom is -0.369 e. The zero-order valence-corrected chi connectivity index (χ0v) is 14.9. The molecule has 0 spiro atoms. The average Bonchev–Trinajstić information content (AvgIpc) is 2.39. The third-order valence-corrected chi connectivity index (χ3v) is 4.40. The number of hydrogen-bond donors (Lipinski definition) is 1. The molecule has 108 valence electrons. The van der Waals surface area contributed by atoms with Crippen LogP contribution in [0, 0.1) is 3.57 Å². The number of hydrogen-bond acceptors (Lipinski definition) is 3. The number of rotatable bonds is 7. The third kappa shape index (κ3) is 4.29. The summed E-state index contributed by atoms with van der Waals surface area (Å²) in [7, 11) is 0. The van der Waals surface area contributed by atoms with Crippen LogP contribution in [0.5, 0.6) is 0 Å². The van der Waals surface area contributed by atoms with Crippen LogP contribution in [0.2, 0.25) is 0 Å². The molecule has 1 rings (SSSR count). The number of nitrogens with one attached hydrogen (secondary N) is 1. The maximum atomic E-state index is 4.82. The third-order valence-electron chi connectivity index (χ3n) is 3.33. The molecule has 0 saturated carbocycles. The molecule has 0 aliphatic rings. The first kappa shape index (κ1) is 16.7. The molecule has 0 aliphatic carbocycles. The summed E-state index contributed by atoms with van der Waals surface area (Å²) in [6.07, 6.45) is 3.31. The Hall–Kier alpha value is -0.390. The maximum Gasteiger partial charge on any atom is 0.143 e. The summed E-state index contributed by atoms with van der Waals surface area (Å²) in [4.78, 5) is 9.59. The van der Waals surface area contributed by atoms with Crippen molar-refractivity contribution in [2.45, 2.75) is 65.7 Å². The molecule has 1 aromatic rings. The average molecular weight is 375 g/mol. The summed E-state index contributed by atoms with van der Waals surface area (Å²) in [6, 6.07) is 0. The Kier molecular flexibility index (Phi) is 7.04. The van der Waals surface area contributed by atoms with E-state index in [4.69, 9.17) is 9.97 Å². The lowest BCUT2D eigenvalue weighted by atomic mass is 10.0. The van der Waals surface area contributed by atoms with Crippen LogP contribution >= 0.6 is 22.6 Å². The minimum atomic E-state index is 0.435. The monoisotopic (exact) mass is 375 g/mol. The highest BCUT2D eigenvalue weighted by atomic mass is 127. The SMILES string of the molecule is CCCNc1nc(C(CC)CC)nc(C(C)C)c1I. The molecule has 19 heavy (non-hydrogen) atoms. The van der Waals surface area contributed by atoms with Crippen LogP contribution in [0.15, 0.2) is 0 Å². The normalized spacial score (nSPS) is 11.4. The van der Waals surface area contributed by atoms with Gasteiger partial charge in [0, 0.05) is 12.5 Å². The molecule has 0 amide bonds. The van der Waals surface area contributed by atoms with Crippen molar-refractivity contribution in [3.8, 4) is 0 Å². The Bertz CT molecular complexity index is 401. The molecule has 0 saturated heterocycles. The van der Waals surface area contributed by atoms with Gasteiger partial charge in [-0.05, 0) is 47.8 Å². The van der Waals surface area contributed by atoms with E-state index in [1.54, 1.807) is 0 Å². The fourth-order valence-electron chi connectivity index (χ4n) is 2.06. The van der Waals surface area contributed by atoms with Crippen molar-refractivity contribution in [2.75, 3.05) is 11.9 Å². The summed E-state index contributed by atoms with van der Waals surface area (Å²) in [5, 5.41) is 3.44. The molecule has 0 fully saturated rings. The van der Waals surface area contributed by atoms with Gasteiger partial charge in [0.2, 0.25) is 0 Å². The van der Waals surface area contributed by atoms with E-state index in [1.807, 2.05) is 0 Å². The molecule has 0 aliphatic heterocycles. The van der Waals surface area contributed by atoms with E-state index in [0.29, 0.717) is 11.8 Å². The van der Waals surface area contributed by atoms with Gasteiger partial charge in [-0.2, -0.15) is 0 Å². The van der Waals surface area contributed by atoms with Gasteiger partial charge in [0.05, 0.1) is 9.26 Å². The van der Waals surface area contributed by atoms with Gasteiger partial charge in [0.15, 0.2) is 0 Å². The van der Waals surface area contributed by atoms with Gasteiger partial charge < -0.3 is 5.32 Å². The first-order chi connectivity index (χ1) is 9.04. The second-order valence-electron chi connectivity index (χ2n) is 5.22. The molecule has 1 heterocycles. The Morgan fingerprint density at radius 1 is 1.11 bits per heavy atom. The minimum absolute atomic E-state index is 0.435. The van der Waals surface area contributed by atoms with E-state index in [2.05, 4.69) is 62.5 Å². The highest BCUT2D eigenvalue weighted by molar-refractivity contribution is 14.1. The van der Waals surface area contributed by atoms with Crippen LogP contribution in [0.4, 0.5) is 5.82 Å². The van der Waals surface area contributed by atoms with Gasteiger partial charge in [0.25, 0.3) is 0 Å². The van der Waals surface area contributed by atoms with Crippen molar-refractivity contribution in [2.24, 2.45) is 0 Å². The molecule has 0 bridgehead atoms. The van der Waals surface area contributed by atoms with Crippen LogP contribution in [-0.4, -0.2) is 16.5 Å². The van der Waals surface area contributed by atoms with Crippen molar-refractivity contribution in [3.05, 3.63) is 15.1 Å². The number of anilines is 1. The summed E-state index contributed by atoms with van der Waals surface area (Å²) < 4.78 is 1.18. The van der Waals surface area contributed by atoms with Crippen molar-refractivity contribution < 1.29 is 0 Å². The summed E-state index contributed by atoms with van der Waals surface area (Å²) in [5.41, 5.74) is 1.18. The van der Waals surface area contributed by atoms with E-state index in [-0.39, 0.29) is 0 Å². The van der Waals surface area contributed by atoms with Gasteiger partial charge >= 0.3 is 0 Å². The Labute approximate surface area is 131 Å². The number of nitrogens with zero attached hydrogens (tertiary/aromatic N) is 2. The fourth-order valence-corrected chi connectivity index (χ4v) is 3.12. The van der Waals surface area contributed by atoms with Crippen molar-refractivity contribution in [3.63, 3.8) is 0 Å². The predicted molar refractivity (Wildman–Crippen MR) is 90.9 cm³/mol. The van der Waals surface area contributed by atoms with Gasteiger partial charge in [0.1, 0.15) is 11.6 Å². The molecule has 3 nitrogen and oxygen atoms in total. The Morgan fingerprint density at radius 3 is 2.21 bits per heavy atom. The van der Waals surface area contributed by atoms with E-state index < -0.39 is 0 Å². The molecule has 0 radical (unpaired) electrons. The number of halogens is 1. The molecular formula is C15H26IN3. The Morgan fingerprint density at radius 2 is 1.74 bits per heavy atom. The van der Waals surface area contributed by atoms with Crippen LogP contribution in [-0.2, 0) is 0 Å². The van der Waals surface area contributed by atoms with E-state index in [9.17, 15) is 0 Å². The zero-order chi connectivity index (χ0) is 14.4. The predicted octanol–water partition coefficient (Wildman–Crippen LogP) is 4.93. The van der Waals surface area contributed by atoms with Crippen LogP contribution in [0.25, 0.3) is 0 Å². The quantitative estimate of drug-likeness (QED) is 0.687. The molecule has 1 N–H and O–H groups in total. The summed E-state index contributed by atoms with van der Waals surface area (Å²) in [6.45, 7) is 12.0. The molecular weight excluding hydrogens is 349 g/mol. The molecule has 0 aromatic carbocycles. The Balaban J connectivity index is 3.21. The van der Waals surface area contributed by atoms with Crippen LogP contribution < -0.4 is 5.32 Å².